The van der Waals surface area contributed by atoms with Gasteiger partial charge in [-0.05, 0) is 73.4 Å². The number of hydrogen-bond acceptors (Lipinski definition) is 0. The highest BCUT2D eigenvalue weighted by Gasteiger charge is 2.21. The summed E-state index contributed by atoms with van der Waals surface area (Å²) in [5, 5.41) is 0.392. The molecule has 0 atom stereocenters. The molecule has 1 fully saturated rings. The predicted molar refractivity (Wildman–Crippen MR) is 117 cm³/mol. The molecule has 1 aliphatic carbocycles. The van der Waals surface area contributed by atoms with E-state index < -0.39 is 0 Å². The van der Waals surface area contributed by atoms with E-state index in [9.17, 15) is 4.39 Å². The summed E-state index contributed by atoms with van der Waals surface area (Å²) in [5.74, 6) is 7.21. The lowest BCUT2D eigenvalue weighted by atomic mass is 9.77. The van der Waals surface area contributed by atoms with Crippen LogP contribution in [0, 0.1) is 23.6 Å². The third kappa shape index (κ3) is 6.11. The lowest BCUT2D eigenvalue weighted by Crippen LogP contribution is -2.13. The van der Waals surface area contributed by atoms with Crippen molar-refractivity contribution in [2.45, 2.75) is 70.6 Å². The fourth-order valence-corrected chi connectivity index (χ4v) is 4.37. The molecule has 148 valence electrons. The molecule has 0 amide bonds. The Labute approximate surface area is 174 Å². The molecule has 1 aliphatic rings. The second kappa shape index (κ2) is 10.7. The second-order valence-corrected chi connectivity index (χ2v) is 8.50. The molecule has 0 aromatic heterocycles. The SMILES string of the molecule is CCCCCCC1CCC(c2ccc(C#Cc3ccc(Cl)cc3F)cc2)CC1. The molecular formula is C26H30ClF. The van der Waals surface area contributed by atoms with Gasteiger partial charge in [-0.25, -0.2) is 4.39 Å². The van der Waals surface area contributed by atoms with Gasteiger partial charge in [0.15, 0.2) is 0 Å². The van der Waals surface area contributed by atoms with Crippen LogP contribution in [-0.2, 0) is 0 Å². The van der Waals surface area contributed by atoms with Crippen LogP contribution in [0.25, 0.3) is 0 Å². The van der Waals surface area contributed by atoms with Gasteiger partial charge in [-0.1, -0.05) is 74.6 Å². The maximum atomic E-state index is 13.8. The van der Waals surface area contributed by atoms with E-state index in [0.717, 1.165) is 11.5 Å². The summed E-state index contributed by atoms with van der Waals surface area (Å²) in [7, 11) is 0. The van der Waals surface area contributed by atoms with E-state index >= 15 is 0 Å². The molecule has 0 bridgehead atoms. The summed E-state index contributed by atoms with van der Waals surface area (Å²) in [6.45, 7) is 2.28. The predicted octanol–water partition coefficient (Wildman–Crippen LogP) is 8.12. The van der Waals surface area contributed by atoms with Gasteiger partial charge < -0.3 is 0 Å². The molecule has 2 heteroatoms. The first-order valence-electron chi connectivity index (χ1n) is 10.7. The second-order valence-electron chi connectivity index (χ2n) is 8.06. The minimum absolute atomic E-state index is 0.372. The monoisotopic (exact) mass is 396 g/mol. The zero-order valence-corrected chi connectivity index (χ0v) is 17.6. The summed E-state index contributed by atoms with van der Waals surface area (Å²) in [6, 6.07) is 13.1. The third-order valence-corrected chi connectivity index (χ3v) is 6.20. The van der Waals surface area contributed by atoms with Crippen LogP contribution >= 0.6 is 11.6 Å². The standard InChI is InChI=1S/C26H30ClF/c1-2-3-4-5-6-20-7-12-22(13-8-20)23-14-9-21(10-15-23)11-16-24-17-18-25(27)19-26(24)28/h9-10,14-15,17-20,22H,2-8,12-13H2,1H3. The summed E-state index contributed by atoms with van der Waals surface area (Å²) < 4.78 is 13.8. The first-order chi connectivity index (χ1) is 13.7. The zero-order chi connectivity index (χ0) is 19.8. The molecule has 0 spiro atoms. The summed E-state index contributed by atoms with van der Waals surface area (Å²) in [4.78, 5) is 0. The Hall–Kier alpha value is -1.78. The Morgan fingerprint density at radius 1 is 0.929 bits per heavy atom. The van der Waals surface area contributed by atoms with E-state index in [4.69, 9.17) is 11.6 Å². The highest BCUT2D eigenvalue weighted by atomic mass is 35.5. The lowest BCUT2D eigenvalue weighted by Gasteiger charge is -2.29. The molecule has 3 rings (SSSR count). The van der Waals surface area contributed by atoms with Crippen LogP contribution in [0.2, 0.25) is 5.02 Å². The number of hydrogen-bond donors (Lipinski definition) is 0. The van der Waals surface area contributed by atoms with E-state index in [-0.39, 0.29) is 5.82 Å². The molecule has 2 aromatic rings. The van der Waals surface area contributed by atoms with Crippen LogP contribution < -0.4 is 0 Å². The Morgan fingerprint density at radius 3 is 2.36 bits per heavy atom. The average Bonchev–Trinajstić information content (AvgIpc) is 2.72. The van der Waals surface area contributed by atoms with Gasteiger partial charge >= 0.3 is 0 Å². The van der Waals surface area contributed by atoms with E-state index in [1.165, 1.54) is 69.4 Å². The fourth-order valence-electron chi connectivity index (χ4n) is 4.21. The first-order valence-corrected chi connectivity index (χ1v) is 11.1. The van der Waals surface area contributed by atoms with Crippen molar-refractivity contribution in [1.82, 2.24) is 0 Å². The van der Waals surface area contributed by atoms with E-state index in [0.29, 0.717) is 16.5 Å². The topological polar surface area (TPSA) is 0 Å². The van der Waals surface area contributed by atoms with E-state index in [1.54, 1.807) is 12.1 Å². The molecule has 0 heterocycles. The summed E-state index contributed by atoms with van der Waals surface area (Å²) in [5.41, 5.74) is 2.72. The zero-order valence-electron chi connectivity index (χ0n) is 16.8. The molecular weight excluding hydrogens is 367 g/mol. The Kier molecular flexibility index (Phi) is 7.99. The van der Waals surface area contributed by atoms with E-state index in [1.807, 2.05) is 0 Å². The Morgan fingerprint density at radius 2 is 1.68 bits per heavy atom. The molecule has 0 unspecified atom stereocenters. The largest absolute Gasteiger partial charge is 0.206 e. The number of unbranched alkanes of at least 4 members (excludes halogenated alkanes) is 3. The van der Waals surface area contributed by atoms with Crippen molar-refractivity contribution < 1.29 is 4.39 Å². The molecule has 0 N–H and O–H groups in total. The van der Waals surface area contributed by atoms with Gasteiger partial charge in [-0.15, -0.1) is 0 Å². The number of rotatable bonds is 6. The molecule has 28 heavy (non-hydrogen) atoms. The minimum Gasteiger partial charge on any atom is -0.206 e. The molecule has 0 saturated heterocycles. The molecule has 0 nitrogen and oxygen atoms in total. The van der Waals surface area contributed by atoms with Crippen molar-refractivity contribution in [2.24, 2.45) is 5.92 Å². The van der Waals surface area contributed by atoms with Gasteiger partial charge in [-0.3, -0.25) is 0 Å². The fraction of sp³-hybridized carbons (Fsp3) is 0.462. The van der Waals surface area contributed by atoms with Gasteiger partial charge in [0, 0.05) is 10.6 Å². The Balaban J connectivity index is 1.52. The summed E-state index contributed by atoms with van der Waals surface area (Å²) in [6.07, 6.45) is 12.3. The molecule has 2 aromatic carbocycles. The van der Waals surface area contributed by atoms with Crippen molar-refractivity contribution in [3.05, 3.63) is 70.0 Å². The van der Waals surface area contributed by atoms with Crippen LogP contribution in [0.3, 0.4) is 0 Å². The van der Waals surface area contributed by atoms with Crippen LogP contribution in [0.15, 0.2) is 42.5 Å². The number of benzene rings is 2. The van der Waals surface area contributed by atoms with Crippen molar-refractivity contribution in [2.75, 3.05) is 0 Å². The molecule has 0 radical (unpaired) electrons. The van der Waals surface area contributed by atoms with Crippen molar-refractivity contribution in [3.63, 3.8) is 0 Å². The minimum atomic E-state index is -0.372. The smallest absolute Gasteiger partial charge is 0.140 e. The lowest BCUT2D eigenvalue weighted by molar-refractivity contribution is 0.302. The van der Waals surface area contributed by atoms with Gasteiger partial charge in [-0.2, -0.15) is 0 Å². The first kappa shape index (κ1) is 20.9. The van der Waals surface area contributed by atoms with Crippen LogP contribution in [0.1, 0.15) is 87.3 Å². The van der Waals surface area contributed by atoms with Crippen molar-refractivity contribution in [1.29, 1.82) is 0 Å². The van der Waals surface area contributed by atoms with E-state index in [2.05, 4.69) is 43.0 Å². The number of halogens is 2. The van der Waals surface area contributed by atoms with Crippen LogP contribution in [0.5, 0.6) is 0 Å². The maximum absolute atomic E-state index is 13.8. The quantitative estimate of drug-likeness (QED) is 0.341. The van der Waals surface area contributed by atoms with Crippen LogP contribution in [0.4, 0.5) is 4.39 Å². The highest BCUT2D eigenvalue weighted by Crippen LogP contribution is 2.37. The third-order valence-electron chi connectivity index (χ3n) is 5.97. The van der Waals surface area contributed by atoms with Gasteiger partial charge in [0.1, 0.15) is 5.82 Å². The van der Waals surface area contributed by atoms with Gasteiger partial charge in [0.05, 0.1) is 5.56 Å². The normalized spacial score (nSPS) is 19.1. The molecule has 0 aliphatic heterocycles. The van der Waals surface area contributed by atoms with Crippen LogP contribution in [-0.4, -0.2) is 0 Å². The van der Waals surface area contributed by atoms with Gasteiger partial charge in [0.25, 0.3) is 0 Å². The average molecular weight is 397 g/mol. The maximum Gasteiger partial charge on any atom is 0.140 e. The van der Waals surface area contributed by atoms with Crippen molar-refractivity contribution in [3.8, 4) is 11.8 Å². The summed E-state index contributed by atoms with van der Waals surface area (Å²) >= 11 is 5.78. The highest BCUT2D eigenvalue weighted by molar-refractivity contribution is 6.30. The Bertz CT molecular complexity index is 805. The van der Waals surface area contributed by atoms with Gasteiger partial charge in [0.2, 0.25) is 0 Å². The van der Waals surface area contributed by atoms with Crippen molar-refractivity contribution >= 4 is 11.6 Å². The molecule has 1 saturated carbocycles.